The van der Waals surface area contributed by atoms with E-state index in [9.17, 15) is 9.18 Å². The van der Waals surface area contributed by atoms with Crippen molar-refractivity contribution in [1.82, 2.24) is 10.6 Å². The third kappa shape index (κ3) is 4.34. The normalized spacial score (nSPS) is 16.5. The number of nitrogens with one attached hydrogen (secondary N) is 2. The van der Waals surface area contributed by atoms with Crippen LogP contribution in [0.1, 0.15) is 39.4 Å². The fourth-order valence-electron chi connectivity index (χ4n) is 2.97. The molecule has 0 radical (unpaired) electrons. The summed E-state index contributed by atoms with van der Waals surface area (Å²) >= 11 is 0. The zero-order valence-electron chi connectivity index (χ0n) is 13.6. The van der Waals surface area contributed by atoms with Crippen LogP contribution < -0.4 is 10.6 Å². The van der Waals surface area contributed by atoms with Crippen LogP contribution in [0.3, 0.4) is 0 Å². The van der Waals surface area contributed by atoms with Crippen LogP contribution in [0.4, 0.5) is 4.39 Å². The minimum atomic E-state index is -0.224. The first-order valence-electron chi connectivity index (χ1n) is 7.97. The van der Waals surface area contributed by atoms with Gasteiger partial charge in [-0.3, -0.25) is 4.79 Å². The van der Waals surface area contributed by atoms with Gasteiger partial charge in [-0.15, -0.1) is 12.4 Å². The molecule has 5 heteroatoms. The third-order valence-corrected chi connectivity index (χ3v) is 4.36. The summed E-state index contributed by atoms with van der Waals surface area (Å²) in [5, 5.41) is 6.25. The smallest absolute Gasteiger partial charge is 0.251 e. The topological polar surface area (TPSA) is 41.1 Å². The lowest BCUT2D eigenvalue weighted by Gasteiger charge is -2.11. The van der Waals surface area contributed by atoms with Crippen molar-refractivity contribution < 1.29 is 9.18 Å². The van der Waals surface area contributed by atoms with Gasteiger partial charge in [0.05, 0.1) is 0 Å². The number of rotatable bonds is 4. The highest BCUT2D eigenvalue weighted by molar-refractivity contribution is 5.94. The molecule has 1 fully saturated rings. The zero-order valence-corrected chi connectivity index (χ0v) is 14.5. The summed E-state index contributed by atoms with van der Waals surface area (Å²) in [5.74, 6) is 0.167. The minimum absolute atomic E-state index is 0. The number of benzene rings is 2. The monoisotopic (exact) mass is 348 g/mol. The Morgan fingerprint density at radius 3 is 2.83 bits per heavy atom. The molecule has 1 aliphatic heterocycles. The average molecular weight is 349 g/mol. The Morgan fingerprint density at radius 2 is 2.12 bits per heavy atom. The average Bonchev–Trinajstić information content (AvgIpc) is 3.10. The van der Waals surface area contributed by atoms with E-state index >= 15 is 0 Å². The Hall–Kier alpha value is -1.91. The van der Waals surface area contributed by atoms with Crippen molar-refractivity contribution in [3.63, 3.8) is 0 Å². The highest BCUT2D eigenvalue weighted by Crippen LogP contribution is 2.23. The van der Waals surface area contributed by atoms with Crippen LogP contribution in [0.25, 0.3) is 0 Å². The highest BCUT2D eigenvalue weighted by Gasteiger charge is 2.17. The van der Waals surface area contributed by atoms with E-state index < -0.39 is 0 Å². The van der Waals surface area contributed by atoms with E-state index in [2.05, 4.69) is 16.7 Å². The van der Waals surface area contributed by atoms with Crippen LogP contribution in [0.2, 0.25) is 0 Å². The third-order valence-electron chi connectivity index (χ3n) is 4.36. The predicted molar refractivity (Wildman–Crippen MR) is 96.2 cm³/mol. The van der Waals surface area contributed by atoms with Crippen LogP contribution >= 0.6 is 12.4 Å². The summed E-state index contributed by atoms with van der Waals surface area (Å²) in [6.07, 6.45) is 1.11. The molecule has 1 saturated heterocycles. The molecule has 24 heavy (non-hydrogen) atoms. The molecule has 1 heterocycles. The van der Waals surface area contributed by atoms with E-state index in [1.54, 1.807) is 19.1 Å². The number of carbonyl (C=O) groups excluding carboxylic acids is 1. The summed E-state index contributed by atoms with van der Waals surface area (Å²) in [7, 11) is 0. The molecular weight excluding hydrogens is 327 g/mol. The van der Waals surface area contributed by atoms with Crippen molar-refractivity contribution in [2.45, 2.75) is 25.8 Å². The second kappa shape index (κ2) is 8.27. The number of hydrogen-bond acceptors (Lipinski definition) is 2. The second-order valence-electron chi connectivity index (χ2n) is 6.08. The van der Waals surface area contributed by atoms with Gasteiger partial charge in [0.25, 0.3) is 5.91 Å². The van der Waals surface area contributed by atoms with Crippen molar-refractivity contribution in [3.8, 4) is 0 Å². The van der Waals surface area contributed by atoms with E-state index in [0.29, 0.717) is 23.6 Å². The number of carbonyl (C=O) groups is 1. The number of halogens is 2. The maximum absolute atomic E-state index is 13.3. The highest BCUT2D eigenvalue weighted by atomic mass is 35.5. The van der Waals surface area contributed by atoms with Crippen LogP contribution in [0, 0.1) is 12.7 Å². The van der Waals surface area contributed by atoms with Crippen molar-refractivity contribution in [2.24, 2.45) is 0 Å². The molecule has 0 saturated carbocycles. The number of aryl methyl sites for hydroxylation is 1. The largest absolute Gasteiger partial charge is 0.348 e. The van der Waals surface area contributed by atoms with Gasteiger partial charge in [-0.1, -0.05) is 24.3 Å². The molecule has 2 aromatic rings. The van der Waals surface area contributed by atoms with Gasteiger partial charge in [-0.2, -0.15) is 0 Å². The van der Waals surface area contributed by atoms with Crippen molar-refractivity contribution in [2.75, 3.05) is 13.1 Å². The quantitative estimate of drug-likeness (QED) is 0.887. The fraction of sp³-hybridized carbons (Fsp3) is 0.316. The number of hydrogen-bond donors (Lipinski definition) is 2. The van der Waals surface area contributed by atoms with Crippen LogP contribution in [0.5, 0.6) is 0 Å². The van der Waals surface area contributed by atoms with Gasteiger partial charge in [0.1, 0.15) is 5.82 Å². The van der Waals surface area contributed by atoms with E-state index in [-0.39, 0.29) is 24.1 Å². The molecule has 3 nitrogen and oxygen atoms in total. The Morgan fingerprint density at radius 1 is 1.29 bits per heavy atom. The van der Waals surface area contributed by atoms with Gasteiger partial charge in [0.2, 0.25) is 0 Å². The second-order valence-corrected chi connectivity index (χ2v) is 6.08. The van der Waals surface area contributed by atoms with Crippen LogP contribution in [-0.4, -0.2) is 19.0 Å². The van der Waals surface area contributed by atoms with Crippen molar-refractivity contribution in [1.29, 1.82) is 0 Å². The maximum Gasteiger partial charge on any atom is 0.251 e. The summed E-state index contributed by atoms with van der Waals surface area (Å²) in [5.41, 5.74) is 3.37. The molecule has 0 spiro atoms. The van der Waals surface area contributed by atoms with Gasteiger partial charge in [-0.05, 0) is 60.7 Å². The van der Waals surface area contributed by atoms with Gasteiger partial charge >= 0.3 is 0 Å². The molecule has 0 bridgehead atoms. The van der Waals surface area contributed by atoms with Crippen LogP contribution in [0.15, 0.2) is 42.5 Å². The first-order chi connectivity index (χ1) is 11.1. The molecule has 3 rings (SSSR count). The Labute approximate surface area is 148 Å². The molecular formula is C19H22ClFN2O. The molecule has 1 aliphatic rings. The van der Waals surface area contributed by atoms with Crippen LogP contribution in [-0.2, 0) is 6.54 Å². The van der Waals surface area contributed by atoms with E-state index in [4.69, 9.17) is 0 Å². The van der Waals surface area contributed by atoms with Crippen molar-refractivity contribution >= 4 is 18.3 Å². The molecule has 2 N–H and O–H groups in total. The lowest BCUT2D eigenvalue weighted by atomic mass is 9.96. The molecule has 0 aliphatic carbocycles. The molecule has 1 unspecified atom stereocenters. The standard InChI is InChI=1S/C19H21FN2O.ClH/c1-13-9-14(5-6-18(13)20)11-22-19(23)16-4-2-3-15(10-16)17-7-8-21-12-17;/h2-6,9-10,17,21H,7-8,11-12H2,1H3,(H,22,23);1H. The summed E-state index contributed by atoms with van der Waals surface area (Å²) in [4.78, 5) is 12.3. The molecule has 1 amide bonds. The Balaban J connectivity index is 0.00000208. The van der Waals surface area contributed by atoms with Gasteiger partial charge in [-0.25, -0.2) is 4.39 Å². The number of amides is 1. The lowest BCUT2D eigenvalue weighted by molar-refractivity contribution is 0.0951. The molecule has 128 valence electrons. The Kier molecular flexibility index (Phi) is 6.35. The maximum atomic E-state index is 13.3. The Bertz CT molecular complexity index is 714. The van der Waals surface area contributed by atoms with E-state index in [1.807, 2.05) is 18.2 Å². The molecule has 1 atom stereocenters. The lowest BCUT2D eigenvalue weighted by Crippen LogP contribution is -2.23. The zero-order chi connectivity index (χ0) is 16.2. The summed E-state index contributed by atoms with van der Waals surface area (Å²) in [6, 6.07) is 12.7. The van der Waals surface area contributed by atoms with Gasteiger partial charge in [0, 0.05) is 18.7 Å². The van der Waals surface area contributed by atoms with Gasteiger partial charge < -0.3 is 10.6 Å². The van der Waals surface area contributed by atoms with E-state index in [1.165, 1.54) is 11.6 Å². The first-order valence-corrected chi connectivity index (χ1v) is 7.97. The fourth-order valence-corrected chi connectivity index (χ4v) is 2.97. The van der Waals surface area contributed by atoms with Crippen molar-refractivity contribution in [3.05, 3.63) is 70.5 Å². The van der Waals surface area contributed by atoms with Gasteiger partial charge in [0.15, 0.2) is 0 Å². The predicted octanol–water partition coefficient (Wildman–Crippen LogP) is 3.56. The molecule has 0 aromatic heterocycles. The van der Waals surface area contributed by atoms with E-state index in [0.717, 1.165) is 25.1 Å². The minimum Gasteiger partial charge on any atom is -0.348 e. The summed E-state index contributed by atoms with van der Waals surface area (Å²) < 4.78 is 13.3. The SMILES string of the molecule is Cc1cc(CNC(=O)c2cccc(C3CCNC3)c2)ccc1F.Cl. The molecule has 2 aromatic carbocycles. The first kappa shape index (κ1) is 18.4. The summed E-state index contributed by atoms with van der Waals surface area (Å²) in [6.45, 7) is 4.12.